The van der Waals surface area contributed by atoms with Crippen LogP contribution in [0.1, 0.15) is 57.5 Å². The van der Waals surface area contributed by atoms with Crippen molar-refractivity contribution in [2.45, 2.75) is 44.3 Å². The van der Waals surface area contributed by atoms with E-state index >= 15 is 0 Å². The molecule has 8 nitrogen and oxygen atoms in total. The van der Waals surface area contributed by atoms with E-state index in [1.165, 1.54) is 14.2 Å². The van der Waals surface area contributed by atoms with Crippen molar-refractivity contribution in [2.24, 2.45) is 5.73 Å². The summed E-state index contributed by atoms with van der Waals surface area (Å²) < 4.78 is 10.6. The first-order valence-electron chi connectivity index (χ1n) is 12.7. The number of halogens is 1. The molecule has 3 aromatic rings. The maximum absolute atomic E-state index is 13.7. The second-order valence-electron chi connectivity index (χ2n) is 9.47. The highest BCUT2D eigenvalue weighted by Crippen LogP contribution is 2.30. The van der Waals surface area contributed by atoms with Crippen molar-refractivity contribution < 1.29 is 19.1 Å². The Kier molecular flexibility index (Phi) is 9.07. The molecular formula is C30H31ClN4O4. The van der Waals surface area contributed by atoms with Gasteiger partial charge in [0, 0.05) is 40.5 Å². The van der Waals surface area contributed by atoms with Crippen LogP contribution in [0.15, 0.2) is 60.7 Å². The summed E-state index contributed by atoms with van der Waals surface area (Å²) in [5, 5.41) is 12.5. The van der Waals surface area contributed by atoms with Crippen molar-refractivity contribution in [1.82, 2.24) is 4.90 Å². The van der Waals surface area contributed by atoms with E-state index in [2.05, 4.69) is 11.4 Å². The Morgan fingerprint density at radius 3 is 2.36 bits per heavy atom. The lowest BCUT2D eigenvalue weighted by atomic mass is 9.89. The predicted molar refractivity (Wildman–Crippen MR) is 150 cm³/mol. The molecule has 0 aliphatic heterocycles. The van der Waals surface area contributed by atoms with Gasteiger partial charge in [-0.3, -0.25) is 9.59 Å². The molecule has 1 saturated carbocycles. The number of carbonyl (C=O) groups is 2. The molecule has 0 heterocycles. The molecule has 1 aliphatic carbocycles. The van der Waals surface area contributed by atoms with Gasteiger partial charge in [0.05, 0.1) is 25.9 Å². The second kappa shape index (κ2) is 12.7. The van der Waals surface area contributed by atoms with Crippen LogP contribution in [0.25, 0.3) is 0 Å². The van der Waals surface area contributed by atoms with Gasteiger partial charge in [-0.1, -0.05) is 24.4 Å². The number of hydrogen-bond donors (Lipinski definition) is 2. The van der Waals surface area contributed by atoms with Crippen molar-refractivity contribution in [3.05, 3.63) is 87.9 Å². The number of amides is 2. The lowest BCUT2D eigenvalue weighted by Gasteiger charge is -2.38. The molecule has 0 spiro atoms. The molecule has 4 rings (SSSR count). The molecule has 0 saturated heterocycles. The van der Waals surface area contributed by atoms with Gasteiger partial charge in [0.2, 0.25) is 0 Å². The molecule has 1 fully saturated rings. The summed E-state index contributed by atoms with van der Waals surface area (Å²) in [7, 11) is 3.04. The number of rotatable bonds is 8. The largest absolute Gasteiger partial charge is 0.493 e. The molecule has 9 heteroatoms. The fourth-order valence-electron chi connectivity index (χ4n) is 4.86. The molecule has 3 N–H and O–H groups in total. The molecular weight excluding hydrogens is 516 g/mol. The van der Waals surface area contributed by atoms with E-state index in [4.69, 9.17) is 32.1 Å². The third kappa shape index (κ3) is 6.51. The lowest BCUT2D eigenvalue weighted by molar-refractivity contribution is 0.0583. The number of nitrogens with two attached hydrogens (primary N) is 1. The van der Waals surface area contributed by atoms with Crippen molar-refractivity contribution >= 4 is 29.1 Å². The number of nitrogens with zero attached hydrogens (tertiary/aromatic N) is 2. The van der Waals surface area contributed by atoms with E-state index in [9.17, 15) is 9.59 Å². The highest BCUT2D eigenvalue weighted by molar-refractivity contribution is 6.31. The molecule has 39 heavy (non-hydrogen) atoms. The van der Waals surface area contributed by atoms with Gasteiger partial charge in [-0.2, -0.15) is 5.26 Å². The predicted octanol–water partition coefficient (Wildman–Crippen LogP) is 5.39. The number of anilines is 1. The summed E-state index contributed by atoms with van der Waals surface area (Å²) in [6.45, 7) is 0.218. The zero-order valence-corrected chi connectivity index (χ0v) is 22.7. The standard InChI is InChI=1S/C30H31ClN4O4/c1-38-27-14-11-21(16-28(27)39-2)29(36)34-23-12-13-24(31)22(15-23)18-35(26-6-4-3-5-25(26)33)30(37)20-9-7-19(17-32)8-10-20/h7-16,25-26H,3-6,18,33H2,1-2H3,(H,34,36). The van der Waals surface area contributed by atoms with E-state index in [0.29, 0.717) is 44.5 Å². The maximum atomic E-state index is 13.7. The first-order chi connectivity index (χ1) is 18.8. The van der Waals surface area contributed by atoms with Crippen LogP contribution in [0, 0.1) is 11.3 Å². The van der Waals surface area contributed by atoms with Crippen LogP contribution in [0.5, 0.6) is 11.5 Å². The number of nitriles is 1. The Morgan fingerprint density at radius 1 is 1.00 bits per heavy atom. The van der Waals surface area contributed by atoms with Crippen LogP contribution in [-0.4, -0.2) is 43.0 Å². The highest BCUT2D eigenvalue weighted by atomic mass is 35.5. The first kappa shape index (κ1) is 28.0. The van der Waals surface area contributed by atoms with E-state index in [0.717, 1.165) is 25.7 Å². The van der Waals surface area contributed by atoms with Crippen molar-refractivity contribution in [3.8, 4) is 17.6 Å². The average Bonchev–Trinajstić information content (AvgIpc) is 2.97. The van der Waals surface area contributed by atoms with Gasteiger partial charge in [-0.15, -0.1) is 0 Å². The van der Waals surface area contributed by atoms with Crippen molar-refractivity contribution in [2.75, 3.05) is 19.5 Å². The van der Waals surface area contributed by atoms with Crippen molar-refractivity contribution in [3.63, 3.8) is 0 Å². The quantitative estimate of drug-likeness (QED) is 0.391. The Bertz CT molecular complexity index is 1390. The number of methoxy groups -OCH3 is 2. The maximum Gasteiger partial charge on any atom is 0.255 e. The molecule has 0 aromatic heterocycles. The summed E-state index contributed by atoms with van der Waals surface area (Å²) in [6, 6.07) is 18.4. The summed E-state index contributed by atoms with van der Waals surface area (Å²) in [6.07, 6.45) is 3.62. The van der Waals surface area contributed by atoms with E-state index < -0.39 is 0 Å². The topological polar surface area (TPSA) is 118 Å². The van der Waals surface area contributed by atoms with E-state index in [1.807, 2.05) is 0 Å². The van der Waals surface area contributed by atoms with E-state index in [-0.39, 0.29) is 30.4 Å². The van der Waals surface area contributed by atoms with Gasteiger partial charge >= 0.3 is 0 Å². The molecule has 202 valence electrons. The Morgan fingerprint density at radius 2 is 1.69 bits per heavy atom. The fourth-order valence-corrected chi connectivity index (χ4v) is 5.03. The lowest BCUT2D eigenvalue weighted by Crippen LogP contribution is -2.51. The third-order valence-corrected chi connectivity index (χ3v) is 7.36. The third-order valence-electron chi connectivity index (χ3n) is 6.99. The van der Waals surface area contributed by atoms with Gasteiger partial charge in [0.25, 0.3) is 11.8 Å². The van der Waals surface area contributed by atoms with Gasteiger partial charge in [-0.05, 0) is 79.1 Å². The smallest absolute Gasteiger partial charge is 0.255 e. The molecule has 3 aromatic carbocycles. The fraction of sp³-hybridized carbons (Fsp3) is 0.300. The number of hydrogen-bond acceptors (Lipinski definition) is 6. The average molecular weight is 547 g/mol. The SMILES string of the molecule is COc1ccc(C(=O)Nc2ccc(Cl)c(CN(C(=O)c3ccc(C#N)cc3)C3CCCCC3N)c2)cc1OC. The molecule has 0 bridgehead atoms. The van der Waals surface area contributed by atoms with Gasteiger partial charge in [0.15, 0.2) is 11.5 Å². The van der Waals surface area contributed by atoms with Gasteiger partial charge in [-0.25, -0.2) is 0 Å². The zero-order valence-electron chi connectivity index (χ0n) is 21.9. The Balaban J connectivity index is 1.60. The minimum atomic E-state index is -0.330. The van der Waals surface area contributed by atoms with Crippen molar-refractivity contribution in [1.29, 1.82) is 5.26 Å². The zero-order chi connectivity index (χ0) is 27.9. The van der Waals surface area contributed by atoms with Gasteiger partial charge in [0.1, 0.15) is 0 Å². The first-order valence-corrected chi connectivity index (χ1v) is 13.1. The highest BCUT2D eigenvalue weighted by Gasteiger charge is 2.32. The molecule has 2 atom stereocenters. The molecule has 1 aliphatic rings. The second-order valence-corrected chi connectivity index (χ2v) is 9.88. The summed E-state index contributed by atoms with van der Waals surface area (Å²) in [5.41, 5.74) is 9.06. The molecule has 0 radical (unpaired) electrons. The van der Waals surface area contributed by atoms with Crippen LogP contribution in [-0.2, 0) is 6.54 Å². The monoisotopic (exact) mass is 546 g/mol. The number of carbonyl (C=O) groups excluding carboxylic acids is 2. The molecule has 2 amide bonds. The minimum absolute atomic E-state index is 0.159. The Hall–Kier alpha value is -4.06. The number of benzene rings is 3. The van der Waals surface area contributed by atoms with Crippen LogP contribution in [0.3, 0.4) is 0 Å². The van der Waals surface area contributed by atoms with Gasteiger partial charge < -0.3 is 25.4 Å². The number of nitrogens with one attached hydrogen (secondary N) is 1. The minimum Gasteiger partial charge on any atom is -0.493 e. The van der Waals surface area contributed by atoms with Crippen LogP contribution >= 0.6 is 11.6 Å². The van der Waals surface area contributed by atoms with Crippen LogP contribution in [0.2, 0.25) is 5.02 Å². The van der Waals surface area contributed by atoms with Crippen LogP contribution in [0.4, 0.5) is 5.69 Å². The summed E-state index contributed by atoms with van der Waals surface area (Å²) in [5.74, 6) is 0.459. The summed E-state index contributed by atoms with van der Waals surface area (Å²) in [4.78, 5) is 28.5. The van der Waals surface area contributed by atoms with Crippen LogP contribution < -0.4 is 20.5 Å². The molecule has 2 unspecified atom stereocenters. The normalized spacial score (nSPS) is 16.6. The summed E-state index contributed by atoms with van der Waals surface area (Å²) >= 11 is 6.58. The number of ether oxygens (including phenoxy) is 2. The van der Waals surface area contributed by atoms with E-state index in [1.54, 1.807) is 65.6 Å². The Labute approximate surface area is 233 Å².